The number of anilines is 1. The average Bonchev–Trinajstić information content (AvgIpc) is 2.71. The van der Waals surface area contributed by atoms with E-state index in [4.69, 9.17) is 0 Å². The molecule has 2 aliphatic rings. The number of aromatic nitrogens is 3. The standard InChI is InChI=1S/C21H18N4O2/c1-12-6-9-25(10-7-12)13-4-5-15-16(11-13)24-19-18(23-15)20(26)14-3-2-8-22-17(14)21(19)27/h2-5,8,11-12H,6-7,9-10H2,1H3. The second-order valence-corrected chi connectivity index (χ2v) is 7.32. The van der Waals surface area contributed by atoms with Crippen molar-refractivity contribution in [3.05, 3.63) is 59.2 Å². The number of ketones is 2. The quantitative estimate of drug-likeness (QED) is 0.521. The molecule has 0 saturated carbocycles. The van der Waals surface area contributed by atoms with E-state index < -0.39 is 0 Å². The zero-order valence-corrected chi connectivity index (χ0v) is 15.0. The van der Waals surface area contributed by atoms with Crippen LogP contribution in [0.2, 0.25) is 0 Å². The number of hydrogen-bond acceptors (Lipinski definition) is 6. The van der Waals surface area contributed by atoms with Gasteiger partial charge in [-0.25, -0.2) is 9.97 Å². The van der Waals surface area contributed by atoms with E-state index in [0.717, 1.165) is 24.7 Å². The Hall–Kier alpha value is -3.15. The number of benzene rings is 1. The van der Waals surface area contributed by atoms with E-state index in [1.165, 1.54) is 19.0 Å². The topological polar surface area (TPSA) is 76.1 Å². The Morgan fingerprint density at radius 3 is 2.48 bits per heavy atom. The summed E-state index contributed by atoms with van der Waals surface area (Å²) < 4.78 is 0. The second-order valence-electron chi connectivity index (χ2n) is 7.32. The van der Waals surface area contributed by atoms with Gasteiger partial charge in [-0.3, -0.25) is 14.6 Å². The van der Waals surface area contributed by atoms with Gasteiger partial charge in [0.25, 0.3) is 0 Å². The Labute approximate surface area is 156 Å². The SMILES string of the molecule is CC1CCN(c2ccc3nc4c(nc3c2)C(=O)c2ncccc2C4=O)CC1. The number of piperidine rings is 1. The molecule has 0 atom stereocenters. The van der Waals surface area contributed by atoms with Gasteiger partial charge in [0.1, 0.15) is 17.1 Å². The smallest absolute Gasteiger partial charge is 0.232 e. The highest BCUT2D eigenvalue weighted by Gasteiger charge is 2.33. The molecule has 0 spiro atoms. The minimum absolute atomic E-state index is 0.100. The zero-order valence-electron chi connectivity index (χ0n) is 15.0. The highest BCUT2D eigenvalue weighted by atomic mass is 16.1. The molecule has 3 heterocycles. The predicted octanol–water partition coefficient (Wildman–Crippen LogP) is 3.04. The van der Waals surface area contributed by atoms with E-state index >= 15 is 0 Å². The summed E-state index contributed by atoms with van der Waals surface area (Å²) in [5.41, 5.74) is 3.00. The fraction of sp³-hybridized carbons (Fsp3) is 0.286. The van der Waals surface area contributed by atoms with Gasteiger partial charge in [-0.2, -0.15) is 0 Å². The van der Waals surface area contributed by atoms with Crippen LogP contribution >= 0.6 is 0 Å². The maximum atomic E-state index is 12.8. The Morgan fingerprint density at radius 1 is 0.926 bits per heavy atom. The molecule has 134 valence electrons. The van der Waals surface area contributed by atoms with E-state index in [1.807, 2.05) is 18.2 Å². The van der Waals surface area contributed by atoms with Crippen molar-refractivity contribution in [3.63, 3.8) is 0 Å². The summed E-state index contributed by atoms with van der Waals surface area (Å²) in [4.78, 5) is 40.9. The molecule has 3 aromatic rings. The lowest BCUT2D eigenvalue weighted by Gasteiger charge is -2.32. The maximum Gasteiger partial charge on any atom is 0.232 e. The molecule has 6 heteroatoms. The Morgan fingerprint density at radius 2 is 1.67 bits per heavy atom. The van der Waals surface area contributed by atoms with Crippen LogP contribution < -0.4 is 4.90 Å². The molecule has 0 radical (unpaired) electrons. The van der Waals surface area contributed by atoms with Crippen molar-refractivity contribution in [2.75, 3.05) is 18.0 Å². The minimum atomic E-state index is -0.341. The zero-order chi connectivity index (χ0) is 18.5. The number of carbonyl (C=O) groups excluding carboxylic acids is 2. The van der Waals surface area contributed by atoms with Crippen LogP contribution in [0.25, 0.3) is 11.0 Å². The third-order valence-corrected chi connectivity index (χ3v) is 5.49. The summed E-state index contributed by atoms with van der Waals surface area (Å²) >= 11 is 0. The molecule has 0 bridgehead atoms. The molecule has 27 heavy (non-hydrogen) atoms. The van der Waals surface area contributed by atoms with Gasteiger partial charge in [0.2, 0.25) is 11.6 Å². The molecule has 0 unspecified atom stereocenters. The molecule has 1 aliphatic carbocycles. The third-order valence-electron chi connectivity index (χ3n) is 5.49. The Kier molecular flexibility index (Phi) is 3.53. The van der Waals surface area contributed by atoms with Gasteiger partial charge in [-0.15, -0.1) is 0 Å². The molecular formula is C21H18N4O2. The number of nitrogens with zero attached hydrogens (tertiary/aromatic N) is 4. The van der Waals surface area contributed by atoms with Crippen molar-refractivity contribution in [1.82, 2.24) is 15.0 Å². The Bertz CT molecular complexity index is 1100. The molecule has 1 fully saturated rings. The number of rotatable bonds is 1. The second kappa shape index (κ2) is 5.94. The molecule has 0 N–H and O–H groups in total. The lowest BCUT2D eigenvalue weighted by Crippen LogP contribution is -2.32. The number of carbonyl (C=O) groups is 2. The van der Waals surface area contributed by atoms with Gasteiger partial charge in [-0.1, -0.05) is 6.92 Å². The Balaban J connectivity index is 1.60. The van der Waals surface area contributed by atoms with E-state index in [2.05, 4.69) is 26.8 Å². The number of fused-ring (bicyclic) bond motifs is 3. The van der Waals surface area contributed by atoms with Gasteiger partial charge >= 0.3 is 0 Å². The van der Waals surface area contributed by atoms with Crippen molar-refractivity contribution in [1.29, 1.82) is 0 Å². The largest absolute Gasteiger partial charge is 0.371 e. The van der Waals surface area contributed by atoms with Crippen LogP contribution in [0.4, 0.5) is 5.69 Å². The molecular weight excluding hydrogens is 340 g/mol. The normalized spacial score (nSPS) is 17.1. The molecule has 2 aromatic heterocycles. The predicted molar refractivity (Wildman–Crippen MR) is 101 cm³/mol. The average molecular weight is 358 g/mol. The molecule has 6 nitrogen and oxygen atoms in total. The summed E-state index contributed by atoms with van der Waals surface area (Å²) in [6, 6.07) is 9.12. The first-order chi connectivity index (χ1) is 13.1. The van der Waals surface area contributed by atoms with Crippen LogP contribution in [0.15, 0.2) is 36.5 Å². The van der Waals surface area contributed by atoms with Crippen molar-refractivity contribution in [3.8, 4) is 0 Å². The first-order valence-electron chi connectivity index (χ1n) is 9.23. The minimum Gasteiger partial charge on any atom is -0.371 e. The lowest BCUT2D eigenvalue weighted by atomic mass is 9.93. The molecule has 0 amide bonds. The highest BCUT2D eigenvalue weighted by molar-refractivity contribution is 6.26. The van der Waals surface area contributed by atoms with Crippen LogP contribution in [0.5, 0.6) is 0 Å². The number of hydrogen-bond donors (Lipinski definition) is 0. The summed E-state index contributed by atoms with van der Waals surface area (Å²) in [7, 11) is 0. The summed E-state index contributed by atoms with van der Waals surface area (Å²) in [6.07, 6.45) is 3.85. The van der Waals surface area contributed by atoms with Gasteiger partial charge in [-0.05, 0) is 49.1 Å². The van der Waals surface area contributed by atoms with E-state index in [-0.39, 0.29) is 28.6 Å². The number of pyridine rings is 1. The van der Waals surface area contributed by atoms with Crippen LogP contribution in [0, 0.1) is 5.92 Å². The molecule has 1 aliphatic heterocycles. The maximum absolute atomic E-state index is 12.8. The third kappa shape index (κ3) is 2.51. The fourth-order valence-electron chi connectivity index (χ4n) is 3.83. The summed E-state index contributed by atoms with van der Waals surface area (Å²) in [5.74, 6) is 0.118. The van der Waals surface area contributed by atoms with E-state index in [0.29, 0.717) is 16.6 Å². The van der Waals surface area contributed by atoms with Crippen molar-refractivity contribution in [2.45, 2.75) is 19.8 Å². The van der Waals surface area contributed by atoms with Crippen molar-refractivity contribution in [2.24, 2.45) is 5.92 Å². The fourth-order valence-corrected chi connectivity index (χ4v) is 3.83. The molecule has 1 saturated heterocycles. The van der Waals surface area contributed by atoms with E-state index in [9.17, 15) is 9.59 Å². The lowest BCUT2D eigenvalue weighted by molar-refractivity contribution is 0.0968. The van der Waals surface area contributed by atoms with Crippen LogP contribution in [-0.2, 0) is 0 Å². The van der Waals surface area contributed by atoms with Crippen molar-refractivity contribution < 1.29 is 9.59 Å². The van der Waals surface area contributed by atoms with Gasteiger partial charge in [0.15, 0.2) is 0 Å². The van der Waals surface area contributed by atoms with Gasteiger partial charge in [0, 0.05) is 25.0 Å². The monoisotopic (exact) mass is 358 g/mol. The van der Waals surface area contributed by atoms with Crippen LogP contribution in [0.3, 0.4) is 0 Å². The summed E-state index contributed by atoms with van der Waals surface area (Å²) in [6.45, 7) is 4.31. The van der Waals surface area contributed by atoms with E-state index in [1.54, 1.807) is 12.1 Å². The van der Waals surface area contributed by atoms with Crippen LogP contribution in [0.1, 0.15) is 52.0 Å². The van der Waals surface area contributed by atoms with Gasteiger partial charge < -0.3 is 4.90 Å². The summed E-state index contributed by atoms with van der Waals surface area (Å²) in [5, 5.41) is 0. The molecule has 5 rings (SSSR count). The first-order valence-corrected chi connectivity index (χ1v) is 9.23. The van der Waals surface area contributed by atoms with Crippen LogP contribution in [-0.4, -0.2) is 39.6 Å². The van der Waals surface area contributed by atoms with Crippen molar-refractivity contribution >= 4 is 28.3 Å². The highest BCUT2D eigenvalue weighted by Crippen LogP contribution is 2.28. The van der Waals surface area contributed by atoms with Gasteiger partial charge in [0.05, 0.1) is 16.6 Å². The molecule has 1 aromatic carbocycles. The first kappa shape index (κ1) is 16.1.